The Hall–Kier alpha value is -9.18. The van der Waals surface area contributed by atoms with Crippen molar-refractivity contribution in [2.24, 2.45) is 5.92 Å². The quantitative estimate of drug-likeness (QED) is 0.0428. The molecule has 2 N–H and O–H groups in total. The fourth-order valence-electron chi connectivity index (χ4n) is 11.8. The van der Waals surface area contributed by atoms with Crippen LogP contribution in [0.5, 0.6) is 5.75 Å². The van der Waals surface area contributed by atoms with Crippen molar-refractivity contribution in [2.45, 2.75) is 42.8 Å². The zero-order chi connectivity index (χ0) is 56.0. The molecule has 81 heavy (non-hydrogen) atoms. The van der Waals surface area contributed by atoms with Crippen LogP contribution in [0.15, 0.2) is 182 Å². The highest BCUT2D eigenvalue weighted by atomic mass is 16.6. The van der Waals surface area contributed by atoms with E-state index in [-0.39, 0.29) is 36.8 Å². The van der Waals surface area contributed by atoms with Crippen LogP contribution < -0.4 is 19.9 Å². The molecule has 17 nitrogen and oxygen atoms in total. The van der Waals surface area contributed by atoms with E-state index in [1.165, 1.54) is 24.3 Å². The first-order chi connectivity index (χ1) is 39.5. The number of aliphatic hydroxyl groups is 1. The largest absolute Gasteiger partial charge is 0.491 e. The lowest BCUT2D eigenvalue weighted by atomic mass is 9.65. The summed E-state index contributed by atoms with van der Waals surface area (Å²) >= 11 is 0. The molecule has 7 aromatic carbocycles. The first-order valence-corrected chi connectivity index (χ1v) is 26.8. The minimum atomic E-state index is -2.14. The first-order valence-electron chi connectivity index (χ1n) is 26.8. The van der Waals surface area contributed by atoms with Crippen molar-refractivity contribution in [3.63, 3.8) is 0 Å². The van der Waals surface area contributed by atoms with Gasteiger partial charge in [-0.25, -0.2) is 9.69 Å². The van der Waals surface area contributed by atoms with E-state index < -0.39 is 64.4 Å². The van der Waals surface area contributed by atoms with Crippen LogP contribution in [0.25, 0.3) is 0 Å². The topological polar surface area (TPSA) is 194 Å². The number of aliphatic hydroxyl groups excluding tert-OH is 1. The zero-order valence-electron chi connectivity index (χ0n) is 44.3. The minimum Gasteiger partial charge on any atom is -0.491 e. The molecule has 0 aliphatic carbocycles. The Morgan fingerprint density at radius 3 is 2.12 bits per heavy atom. The summed E-state index contributed by atoms with van der Waals surface area (Å²) in [4.78, 5) is 82.0. The second kappa shape index (κ2) is 23.7. The van der Waals surface area contributed by atoms with E-state index in [1.54, 1.807) is 54.6 Å². The van der Waals surface area contributed by atoms with Crippen LogP contribution in [0.1, 0.15) is 57.1 Å². The second-order valence-corrected chi connectivity index (χ2v) is 20.4. The number of anilines is 3. The highest BCUT2D eigenvalue weighted by Crippen LogP contribution is 2.66. The number of rotatable bonds is 15. The van der Waals surface area contributed by atoms with Crippen LogP contribution in [0.2, 0.25) is 0 Å². The van der Waals surface area contributed by atoms with Crippen molar-refractivity contribution in [3.8, 4) is 17.6 Å². The molecule has 3 fully saturated rings. The molecule has 0 radical (unpaired) electrons. The van der Waals surface area contributed by atoms with E-state index in [9.17, 15) is 15.2 Å². The van der Waals surface area contributed by atoms with Crippen LogP contribution in [-0.4, -0.2) is 103 Å². The van der Waals surface area contributed by atoms with Crippen molar-refractivity contribution in [3.05, 3.63) is 231 Å². The molecule has 4 aliphatic rings. The minimum absolute atomic E-state index is 0.00588. The third-order valence-corrected chi connectivity index (χ3v) is 15.4. The predicted molar refractivity (Wildman–Crippen MR) is 302 cm³/mol. The van der Waals surface area contributed by atoms with E-state index >= 15 is 19.2 Å². The molecule has 4 aliphatic heterocycles. The van der Waals surface area contributed by atoms with Crippen molar-refractivity contribution < 1.29 is 48.2 Å². The number of esters is 1. The van der Waals surface area contributed by atoms with Gasteiger partial charge in [-0.15, -0.1) is 0 Å². The lowest BCUT2D eigenvalue weighted by Crippen LogP contribution is -2.54. The summed E-state index contributed by atoms with van der Waals surface area (Å²) in [5.41, 5.74) is 3.21. The number of cyclic esters (lactones) is 1. The van der Waals surface area contributed by atoms with Gasteiger partial charge in [-0.1, -0.05) is 115 Å². The fraction of sp³-hybridized carbons (Fsp3) is 0.250. The first kappa shape index (κ1) is 53.8. The summed E-state index contributed by atoms with van der Waals surface area (Å²) in [6.07, 6.45) is -2.06. The second-order valence-electron chi connectivity index (χ2n) is 20.4. The predicted octanol–water partition coefficient (Wildman–Crippen LogP) is 8.93. The molecule has 0 bridgehead atoms. The SMILES string of the molecule is CN(CC#Cc1ccc2c(c1)C1(C(=O)N2C(=O)OCc2ccc([N+](=O)[O-])cc2)C(C(=O)Nc2ccc(N3CCOCC3)cc2)C2C(=O)OC(c3ccccc3)C(c3ccccc3)N2C1c1ccc(OCCO)cc1)Cc1ccccc1. The number of hydrogen-bond donors (Lipinski definition) is 2. The lowest BCUT2D eigenvalue weighted by molar-refractivity contribution is -0.384. The molecule has 6 atom stereocenters. The molecule has 0 saturated carbocycles. The number of nitro groups is 1. The van der Waals surface area contributed by atoms with Gasteiger partial charge < -0.3 is 34.3 Å². The summed E-state index contributed by atoms with van der Waals surface area (Å²) in [6, 6.07) is 50.1. The number of benzene rings is 7. The summed E-state index contributed by atoms with van der Waals surface area (Å²) < 4.78 is 24.1. The number of ether oxygens (including phenoxy) is 4. The fourth-order valence-corrected chi connectivity index (χ4v) is 11.8. The van der Waals surface area contributed by atoms with Crippen molar-refractivity contribution >= 4 is 46.6 Å². The summed E-state index contributed by atoms with van der Waals surface area (Å²) in [5.74, 6) is 3.07. The molecule has 0 aromatic heterocycles. The van der Waals surface area contributed by atoms with Gasteiger partial charge in [-0.3, -0.25) is 34.3 Å². The maximum Gasteiger partial charge on any atom is 0.421 e. The average molecular weight is 1090 g/mol. The highest BCUT2D eigenvalue weighted by molar-refractivity contribution is 6.24. The summed E-state index contributed by atoms with van der Waals surface area (Å²) in [5, 5.41) is 24.4. The Bertz CT molecular complexity index is 3480. The van der Waals surface area contributed by atoms with Gasteiger partial charge in [0.05, 0.1) is 55.0 Å². The van der Waals surface area contributed by atoms with Crippen LogP contribution in [0.3, 0.4) is 0 Å². The molecule has 1 spiro atoms. The van der Waals surface area contributed by atoms with Gasteiger partial charge in [0.25, 0.3) is 5.69 Å². The van der Waals surface area contributed by atoms with Gasteiger partial charge in [0.2, 0.25) is 11.8 Å². The number of carbonyl (C=O) groups is 4. The number of fused-ring (bicyclic) bond motifs is 3. The van der Waals surface area contributed by atoms with Crippen LogP contribution in [0.4, 0.5) is 27.5 Å². The smallest absolute Gasteiger partial charge is 0.421 e. The number of nitrogens with zero attached hydrogens (tertiary/aromatic N) is 5. The maximum absolute atomic E-state index is 16.9. The van der Waals surface area contributed by atoms with Crippen molar-refractivity contribution in [1.29, 1.82) is 0 Å². The Kier molecular flexibility index (Phi) is 15.7. The van der Waals surface area contributed by atoms with E-state index in [4.69, 9.17) is 18.9 Å². The van der Waals surface area contributed by atoms with Gasteiger partial charge in [0.1, 0.15) is 36.5 Å². The zero-order valence-corrected chi connectivity index (χ0v) is 44.3. The molecule has 6 unspecified atom stereocenters. The van der Waals surface area contributed by atoms with E-state index in [0.29, 0.717) is 73.1 Å². The number of amides is 3. The van der Waals surface area contributed by atoms with Crippen molar-refractivity contribution in [1.82, 2.24) is 9.80 Å². The highest BCUT2D eigenvalue weighted by Gasteiger charge is 2.76. The normalized spacial score (nSPS) is 21.1. The van der Waals surface area contributed by atoms with Gasteiger partial charge in [-0.05, 0) is 107 Å². The number of nitro benzene ring substituents is 1. The Labute approximate surface area is 468 Å². The van der Waals surface area contributed by atoms with Gasteiger partial charge in [-0.2, -0.15) is 0 Å². The number of non-ortho nitro benzene ring substituents is 1. The molecule has 11 rings (SSSR count). The third-order valence-electron chi connectivity index (χ3n) is 15.4. The molecule has 4 heterocycles. The molecule has 3 amide bonds. The molecular formula is C64H58N6O11. The molecular weight excluding hydrogens is 1030 g/mol. The molecule has 3 saturated heterocycles. The standard InChI is InChI=1S/C64H58N6O11/c1-66(41-44-12-5-2-6-13-44)33-11-14-43-21-32-54-53(40-43)64(62(74)68(54)63(75)80-42-45-19-26-51(27-20-45)70(76)77)55(60(72)65-49-24-28-50(29-25-49)67-34-37-78-38-35-67)57-61(73)81-58(47-17-9-4-10-18-47)56(46-15-7-3-8-16-46)69(57)59(64)48-22-30-52(31-23-48)79-39-36-71/h2-10,12-13,15-32,40,55-59,71H,33-39,41-42H2,1H3,(H,65,72). The molecule has 7 aromatic rings. The summed E-state index contributed by atoms with van der Waals surface area (Å²) in [7, 11) is 1.96. The lowest BCUT2D eigenvalue weighted by Gasteiger charge is -2.46. The van der Waals surface area contributed by atoms with E-state index in [2.05, 4.69) is 27.0 Å². The van der Waals surface area contributed by atoms with Crippen LogP contribution in [-0.2, 0) is 47.2 Å². The maximum atomic E-state index is 16.9. The number of morpholine rings is 2. The van der Waals surface area contributed by atoms with Gasteiger partial charge >= 0.3 is 12.1 Å². The van der Waals surface area contributed by atoms with E-state index in [1.807, 2.05) is 115 Å². The Balaban J connectivity index is 1.12. The Morgan fingerprint density at radius 2 is 1.46 bits per heavy atom. The summed E-state index contributed by atoms with van der Waals surface area (Å²) in [6.45, 7) is 2.89. The number of hydrogen-bond acceptors (Lipinski definition) is 14. The monoisotopic (exact) mass is 1090 g/mol. The number of carbonyl (C=O) groups excluding carboxylic acids is 4. The van der Waals surface area contributed by atoms with E-state index in [0.717, 1.165) is 21.7 Å². The molecule has 410 valence electrons. The number of imide groups is 1. The third kappa shape index (κ3) is 10.7. The Morgan fingerprint density at radius 1 is 0.790 bits per heavy atom. The van der Waals surface area contributed by atoms with Crippen LogP contribution >= 0.6 is 0 Å². The molecule has 17 heteroatoms. The van der Waals surface area contributed by atoms with Crippen molar-refractivity contribution in [2.75, 3.05) is 68.2 Å². The average Bonchev–Trinajstić information content (AvgIpc) is 3.14. The van der Waals surface area contributed by atoms with Crippen LogP contribution in [0, 0.1) is 27.9 Å². The van der Waals surface area contributed by atoms with Gasteiger partial charge in [0, 0.05) is 48.7 Å². The number of nitrogens with one attached hydrogen (secondary N) is 1. The van der Waals surface area contributed by atoms with Gasteiger partial charge in [0.15, 0.2) is 0 Å².